The van der Waals surface area contributed by atoms with Gasteiger partial charge in [-0.1, -0.05) is 42.5 Å². The molecule has 4 aromatic rings. The summed E-state index contributed by atoms with van der Waals surface area (Å²) < 4.78 is 0. The molecule has 9 heteroatoms. The molecule has 37 heavy (non-hydrogen) atoms. The van der Waals surface area contributed by atoms with Gasteiger partial charge in [0.1, 0.15) is 5.65 Å². The minimum Gasteiger partial charge on any atom is -0.366 e. The average Bonchev–Trinajstić information content (AvgIpc) is 3.52. The Balaban J connectivity index is 1.35. The number of amides is 4. The Hall–Kier alpha value is -4.92. The summed E-state index contributed by atoms with van der Waals surface area (Å²) in [5.74, 6) is -1.16. The number of hydrogen-bond acceptors (Lipinski definition) is 4. The summed E-state index contributed by atoms with van der Waals surface area (Å²) in [6, 6.07) is 18.3. The third-order valence-electron chi connectivity index (χ3n) is 6.44. The first-order chi connectivity index (χ1) is 17.9. The van der Waals surface area contributed by atoms with Gasteiger partial charge in [-0.25, -0.2) is 9.78 Å². The highest BCUT2D eigenvalue weighted by Crippen LogP contribution is 2.27. The van der Waals surface area contributed by atoms with E-state index in [1.54, 1.807) is 23.4 Å². The fraction of sp³-hybridized carbons (Fsp3) is 0.143. The number of nitrogens with two attached hydrogens (primary N) is 1. The fourth-order valence-corrected chi connectivity index (χ4v) is 4.34. The molecule has 2 aromatic heterocycles. The number of anilines is 2. The van der Waals surface area contributed by atoms with Crippen LogP contribution in [0.25, 0.3) is 22.7 Å². The number of urea groups is 1. The van der Waals surface area contributed by atoms with E-state index < -0.39 is 11.8 Å². The van der Waals surface area contributed by atoms with E-state index >= 15 is 0 Å². The van der Waals surface area contributed by atoms with Crippen LogP contribution >= 0.6 is 0 Å². The first kappa shape index (κ1) is 23.8. The topological polar surface area (TPSA) is 133 Å². The van der Waals surface area contributed by atoms with E-state index in [2.05, 4.69) is 20.6 Å². The van der Waals surface area contributed by atoms with Gasteiger partial charge in [-0.3, -0.25) is 14.5 Å². The first-order valence-electron chi connectivity index (χ1n) is 11.9. The van der Waals surface area contributed by atoms with Crippen molar-refractivity contribution >= 4 is 51.9 Å². The van der Waals surface area contributed by atoms with Crippen molar-refractivity contribution in [3.8, 4) is 0 Å². The number of rotatable bonds is 7. The van der Waals surface area contributed by atoms with Gasteiger partial charge >= 0.3 is 6.03 Å². The summed E-state index contributed by atoms with van der Waals surface area (Å²) in [4.78, 5) is 46.2. The Morgan fingerprint density at radius 1 is 1.14 bits per heavy atom. The van der Waals surface area contributed by atoms with Gasteiger partial charge in [0.05, 0.1) is 17.8 Å². The van der Waals surface area contributed by atoms with Crippen LogP contribution in [0.3, 0.4) is 0 Å². The molecule has 5 rings (SSSR count). The van der Waals surface area contributed by atoms with E-state index in [0.29, 0.717) is 35.6 Å². The largest absolute Gasteiger partial charge is 0.366 e. The van der Waals surface area contributed by atoms with Crippen LogP contribution in [0, 0.1) is 0 Å². The normalized spacial score (nSPS) is 14.5. The van der Waals surface area contributed by atoms with Crippen LogP contribution in [0.1, 0.15) is 29.5 Å². The van der Waals surface area contributed by atoms with E-state index in [-0.39, 0.29) is 11.9 Å². The number of fused-ring (bicyclic) bond motifs is 1. The number of aromatic nitrogens is 2. The summed E-state index contributed by atoms with van der Waals surface area (Å²) in [6.07, 6.45) is 5.05. The lowest BCUT2D eigenvalue weighted by atomic mass is 9.99. The van der Waals surface area contributed by atoms with Crippen molar-refractivity contribution < 1.29 is 14.4 Å². The second kappa shape index (κ2) is 9.98. The Bertz CT molecular complexity index is 1510. The third-order valence-corrected chi connectivity index (χ3v) is 6.44. The van der Waals surface area contributed by atoms with Gasteiger partial charge < -0.3 is 21.4 Å². The summed E-state index contributed by atoms with van der Waals surface area (Å²) >= 11 is 0. The molecule has 4 amide bonds. The monoisotopic (exact) mass is 494 g/mol. The van der Waals surface area contributed by atoms with Crippen LogP contribution in [0.4, 0.5) is 16.2 Å². The third kappa shape index (κ3) is 4.92. The molecule has 1 unspecified atom stereocenters. The lowest BCUT2D eigenvalue weighted by Crippen LogP contribution is -2.27. The number of carbonyl (C=O) groups excluding carboxylic acids is 3. The number of H-pyrrole nitrogens is 1. The van der Waals surface area contributed by atoms with E-state index in [9.17, 15) is 14.4 Å². The highest BCUT2D eigenvalue weighted by molar-refractivity contribution is 6.24. The number of hydrogen-bond donors (Lipinski definition) is 4. The van der Waals surface area contributed by atoms with Crippen LogP contribution in [-0.4, -0.2) is 40.9 Å². The fourth-order valence-electron chi connectivity index (χ4n) is 4.34. The van der Waals surface area contributed by atoms with Crippen LogP contribution in [0.2, 0.25) is 0 Å². The van der Waals surface area contributed by atoms with Gasteiger partial charge in [-0.05, 0) is 42.3 Å². The second-order valence-electron chi connectivity index (χ2n) is 8.84. The Labute approximate surface area is 213 Å². The summed E-state index contributed by atoms with van der Waals surface area (Å²) in [7, 11) is 0. The molecular formula is C28H26N6O3. The standard InChI is InChI=1S/C28H26N6O3/c1-17(18-7-9-22(10-8-18)34-12-11-30-28(34)37)27(36)33-21-14-24-20(15-31-26(24)32-16-21)13-23(25(29)35)19-5-3-2-4-6-19/h2-10,13-17H,11-12H2,1H3,(H2,29,35)(H,30,37)(H,31,32)(H,33,36)/b23-13+. The van der Waals surface area contributed by atoms with Gasteiger partial charge in [0, 0.05) is 41.5 Å². The van der Waals surface area contributed by atoms with Gasteiger partial charge in [0.2, 0.25) is 11.8 Å². The molecule has 0 saturated carbocycles. The predicted molar refractivity (Wildman–Crippen MR) is 144 cm³/mol. The van der Waals surface area contributed by atoms with Crippen LogP contribution in [0.15, 0.2) is 73.1 Å². The molecule has 5 N–H and O–H groups in total. The van der Waals surface area contributed by atoms with Gasteiger partial charge in [0.15, 0.2) is 0 Å². The molecule has 3 heterocycles. The molecular weight excluding hydrogens is 468 g/mol. The number of pyridine rings is 1. The molecule has 0 bridgehead atoms. The zero-order valence-electron chi connectivity index (χ0n) is 20.2. The van der Waals surface area contributed by atoms with E-state index in [0.717, 1.165) is 22.2 Å². The van der Waals surface area contributed by atoms with Crippen LogP contribution < -0.4 is 21.3 Å². The molecule has 1 aliphatic rings. The van der Waals surface area contributed by atoms with E-state index in [1.165, 1.54) is 0 Å². The number of nitrogens with zero attached hydrogens (tertiary/aromatic N) is 2. The molecule has 1 atom stereocenters. The maximum absolute atomic E-state index is 13.0. The smallest absolute Gasteiger partial charge is 0.321 e. The summed E-state index contributed by atoms with van der Waals surface area (Å²) in [6.45, 7) is 3.06. The van der Waals surface area contributed by atoms with Crippen molar-refractivity contribution in [3.05, 3.63) is 89.7 Å². The molecule has 1 aliphatic heterocycles. The molecule has 0 aliphatic carbocycles. The summed E-state index contributed by atoms with van der Waals surface area (Å²) in [5, 5.41) is 6.45. The van der Waals surface area contributed by atoms with Gasteiger partial charge in [0.25, 0.3) is 0 Å². The lowest BCUT2D eigenvalue weighted by Gasteiger charge is -2.16. The van der Waals surface area contributed by atoms with Crippen molar-refractivity contribution in [1.29, 1.82) is 0 Å². The Kier molecular flexibility index (Phi) is 6.42. The van der Waals surface area contributed by atoms with E-state index in [1.807, 2.05) is 67.6 Å². The number of primary amides is 1. The summed E-state index contributed by atoms with van der Waals surface area (Å²) in [5.41, 5.74) is 10.2. The Morgan fingerprint density at radius 3 is 2.57 bits per heavy atom. The van der Waals surface area contributed by atoms with Crippen molar-refractivity contribution in [2.24, 2.45) is 5.73 Å². The minimum absolute atomic E-state index is 0.118. The van der Waals surface area contributed by atoms with Crippen molar-refractivity contribution in [3.63, 3.8) is 0 Å². The maximum Gasteiger partial charge on any atom is 0.321 e. The maximum atomic E-state index is 13.0. The molecule has 9 nitrogen and oxygen atoms in total. The average molecular weight is 495 g/mol. The predicted octanol–water partition coefficient (Wildman–Crippen LogP) is 3.86. The lowest BCUT2D eigenvalue weighted by molar-refractivity contribution is -0.117. The van der Waals surface area contributed by atoms with Gasteiger partial charge in [-0.15, -0.1) is 0 Å². The first-order valence-corrected chi connectivity index (χ1v) is 11.9. The van der Waals surface area contributed by atoms with Gasteiger partial charge in [-0.2, -0.15) is 0 Å². The molecule has 1 saturated heterocycles. The zero-order chi connectivity index (χ0) is 25.9. The van der Waals surface area contributed by atoms with Crippen LogP contribution in [-0.2, 0) is 9.59 Å². The van der Waals surface area contributed by atoms with Crippen LogP contribution in [0.5, 0.6) is 0 Å². The highest BCUT2D eigenvalue weighted by Gasteiger charge is 2.22. The van der Waals surface area contributed by atoms with Crippen molar-refractivity contribution in [1.82, 2.24) is 15.3 Å². The second-order valence-corrected chi connectivity index (χ2v) is 8.84. The quantitative estimate of drug-likeness (QED) is 0.290. The van der Waals surface area contributed by atoms with Crippen molar-refractivity contribution in [2.45, 2.75) is 12.8 Å². The molecule has 0 radical (unpaired) electrons. The molecule has 0 spiro atoms. The molecule has 2 aromatic carbocycles. The number of aromatic amines is 1. The molecule has 186 valence electrons. The Morgan fingerprint density at radius 2 is 1.89 bits per heavy atom. The zero-order valence-corrected chi connectivity index (χ0v) is 20.2. The molecule has 1 fully saturated rings. The number of carbonyl (C=O) groups is 3. The number of nitrogens with one attached hydrogen (secondary N) is 3. The highest BCUT2D eigenvalue weighted by atomic mass is 16.2. The minimum atomic E-state index is -0.539. The van der Waals surface area contributed by atoms with Crippen molar-refractivity contribution in [2.75, 3.05) is 23.3 Å². The number of benzene rings is 2. The van der Waals surface area contributed by atoms with E-state index in [4.69, 9.17) is 5.73 Å². The SMILES string of the molecule is CC(C(=O)Nc1cnc2[nH]cc(/C=C(/C(N)=O)c3ccccc3)c2c1)c1ccc(N2CCNC2=O)cc1.